The quantitative estimate of drug-likeness (QED) is 0.666. The summed E-state index contributed by atoms with van der Waals surface area (Å²) in [5, 5.41) is 3.04. The van der Waals surface area contributed by atoms with Gasteiger partial charge in [0.15, 0.2) is 0 Å². The average Bonchev–Trinajstić information content (AvgIpc) is 3.24. The van der Waals surface area contributed by atoms with E-state index in [9.17, 15) is 13.2 Å². The summed E-state index contributed by atoms with van der Waals surface area (Å²) >= 11 is 0. The lowest BCUT2D eigenvalue weighted by atomic mass is 10.1. The molecule has 0 saturated carbocycles. The number of aryl methyl sites for hydroxylation is 1. The van der Waals surface area contributed by atoms with Gasteiger partial charge in [-0.1, -0.05) is 25.5 Å². The number of likely N-dealkylation sites (tertiary alicyclic amines) is 1. The second-order valence-electron chi connectivity index (χ2n) is 8.53. The Kier molecular flexibility index (Phi) is 8.09. The van der Waals surface area contributed by atoms with E-state index in [1.165, 1.54) is 25.9 Å². The Morgan fingerprint density at radius 3 is 2.28 bits per heavy atom. The summed E-state index contributed by atoms with van der Waals surface area (Å²) in [4.78, 5) is 15.0. The fourth-order valence-electron chi connectivity index (χ4n) is 4.19. The molecular weight excluding hydrogens is 386 g/mol. The highest BCUT2D eigenvalue weighted by molar-refractivity contribution is 7.89. The number of benzene rings is 1. The number of carbonyl (C=O) groups is 1. The number of amides is 1. The first-order chi connectivity index (χ1) is 13.9. The van der Waals surface area contributed by atoms with Gasteiger partial charge in [0.1, 0.15) is 0 Å². The molecule has 0 radical (unpaired) electrons. The first-order valence-corrected chi connectivity index (χ1v) is 12.5. The van der Waals surface area contributed by atoms with Crippen LogP contribution in [0.3, 0.4) is 0 Å². The van der Waals surface area contributed by atoms with Crippen LogP contribution >= 0.6 is 0 Å². The Hall–Kier alpha value is -1.44. The average molecular weight is 422 g/mol. The topological polar surface area (TPSA) is 69.7 Å². The van der Waals surface area contributed by atoms with E-state index in [0.29, 0.717) is 43.3 Å². The molecule has 0 aromatic heterocycles. The van der Waals surface area contributed by atoms with Crippen molar-refractivity contribution in [1.29, 1.82) is 0 Å². The summed E-state index contributed by atoms with van der Waals surface area (Å²) < 4.78 is 27.0. The molecule has 1 aromatic carbocycles. The molecule has 2 fully saturated rings. The highest BCUT2D eigenvalue weighted by Crippen LogP contribution is 2.21. The molecule has 1 N–H and O–H groups in total. The van der Waals surface area contributed by atoms with Gasteiger partial charge in [0.05, 0.1) is 4.90 Å². The highest BCUT2D eigenvalue weighted by atomic mass is 32.2. The zero-order chi connectivity index (χ0) is 20.7. The molecule has 0 bridgehead atoms. The van der Waals surface area contributed by atoms with Crippen LogP contribution in [0.4, 0.5) is 0 Å². The number of piperidine rings is 1. The molecule has 0 spiro atoms. The molecule has 1 unspecified atom stereocenters. The van der Waals surface area contributed by atoms with Crippen molar-refractivity contribution < 1.29 is 13.2 Å². The smallest absolute Gasteiger partial charge is 0.243 e. The normalized spacial score (nSPS) is 19.9. The van der Waals surface area contributed by atoms with Crippen molar-refractivity contribution in [1.82, 2.24) is 14.5 Å². The monoisotopic (exact) mass is 421 g/mol. The largest absolute Gasteiger partial charge is 0.356 e. The summed E-state index contributed by atoms with van der Waals surface area (Å²) in [6, 6.07) is 7.02. The van der Waals surface area contributed by atoms with Crippen LogP contribution in [0.5, 0.6) is 0 Å². The summed E-state index contributed by atoms with van der Waals surface area (Å²) in [7, 11) is -3.39. The van der Waals surface area contributed by atoms with E-state index in [2.05, 4.69) is 17.1 Å². The minimum Gasteiger partial charge on any atom is -0.356 e. The van der Waals surface area contributed by atoms with E-state index in [1.54, 1.807) is 16.4 Å². The molecule has 2 saturated heterocycles. The van der Waals surface area contributed by atoms with Crippen LogP contribution in [0, 0.1) is 5.92 Å². The van der Waals surface area contributed by atoms with Gasteiger partial charge in [-0.3, -0.25) is 4.79 Å². The van der Waals surface area contributed by atoms with E-state index in [0.717, 1.165) is 31.4 Å². The maximum Gasteiger partial charge on any atom is 0.243 e. The zero-order valence-electron chi connectivity index (χ0n) is 17.6. The number of hydrogen-bond donors (Lipinski definition) is 1. The van der Waals surface area contributed by atoms with Crippen molar-refractivity contribution in [2.75, 3.05) is 39.3 Å². The second kappa shape index (κ2) is 10.5. The van der Waals surface area contributed by atoms with Crippen molar-refractivity contribution in [3.8, 4) is 0 Å². The SMILES string of the molecule is CC(CNC(=O)CCc1ccc(S(=O)(=O)N2CCCCC2)cc1)CN1CCCC1. The summed E-state index contributed by atoms with van der Waals surface area (Å²) in [6.07, 6.45) is 6.59. The number of nitrogens with one attached hydrogen (secondary N) is 1. The van der Waals surface area contributed by atoms with Crippen LogP contribution in [-0.4, -0.2) is 62.8 Å². The van der Waals surface area contributed by atoms with Crippen molar-refractivity contribution in [2.45, 2.75) is 56.8 Å². The van der Waals surface area contributed by atoms with E-state index in [-0.39, 0.29) is 5.91 Å². The predicted octanol–water partition coefficient (Wildman–Crippen LogP) is 2.64. The van der Waals surface area contributed by atoms with Crippen molar-refractivity contribution in [2.24, 2.45) is 5.92 Å². The van der Waals surface area contributed by atoms with Gasteiger partial charge in [-0.25, -0.2) is 8.42 Å². The molecule has 162 valence electrons. The molecule has 2 aliphatic heterocycles. The maximum absolute atomic E-state index is 12.7. The molecule has 2 heterocycles. The Labute approximate surface area is 175 Å². The molecule has 1 atom stereocenters. The van der Waals surface area contributed by atoms with Gasteiger partial charge in [0.2, 0.25) is 15.9 Å². The van der Waals surface area contributed by atoms with Gasteiger partial charge < -0.3 is 10.2 Å². The second-order valence-corrected chi connectivity index (χ2v) is 10.5. The maximum atomic E-state index is 12.7. The molecular formula is C22H35N3O3S. The first-order valence-electron chi connectivity index (χ1n) is 11.0. The molecule has 1 aromatic rings. The lowest BCUT2D eigenvalue weighted by Crippen LogP contribution is -2.35. The molecule has 0 aliphatic carbocycles. The Balaban J connectivity index is 1.41. The Morgan fingerprint density at radius 1 is 1.00 bits per heavy atom. The molecule has 7 heteroatoms. The third kappa shape index (κ3) is 6.52. The standard InChI is InChI=1S/C22H35N3O3S/c1-19(18-24-13-5-6-14-24)17-23-22(26)12-9-20-7-10-21(11-8-20)29(27,28)25-15-3-2-4-16-25/h7-8,10-11,19H,2-6,9,12-18H2,1H3,(H,23,26). The number of rotatable bonds is 9. The number of carbonyl (C=O) groups excluding carboxylic acids is 1. The van der Waals surface area contributed by atoms with Crippen molar-refractivity contribution in [3.63, 3.8) is 0 Å². The lowest BCUT2D eigenvalue weighted by Gasteiger charge is -2.25. The van der Waals surface area contributed by atoms with E-state index in [1.807, 2.05) is 12.1 Å². The van der Waals surface area contributed by atoms with Crippen LogP contribution in [0.1, 0.15) is 51.0 Å². The summed E-state index contributed by atoms with van der Waals surface area (Å²) in [6.45, 7) is 7.53. The number of nitrogens with zero attached hydrogens (tertiary/aromatic N) is 2. The van der Waals surface area contributed by atoms with Crippen LogP contribution in [0.15, 0.2) is 29.2 Å². The molecule has 29 heavy (non-hydrogen) atoms. The Morgan fingerprint density at radius 2 is 1.62 bits per heavy atom. The van der Waals surface area contributed by atoms with Gasteiger partial charge in [0.25, 0.3) is 0 Å². The van der Waals surface area contributed by atoms with Gasteiger partial charge >= 0.3 is 0 Å². The number of sulfonamides is 1. The van der Waals surface area contributed by atoms with Gasteiger partial charge in [-0.2, -0.15) is 4.31 Å². The van der Waals surface area contributed by atoms with Crippen molar-refractivity contribution >= 4 is 15.9 Å². The predicted molar refractivity (Wildman–Crippen MR) is 115 cm³/mol. The third-order valence-electron chi connectivity index (χ3n) is 5.93. The van der Waals surface area contributed by atoms with Gasteiger partial charge in [-0.05, 0) is 68.8 Å². The third-order valence-corrected chi connectivity index (χ3v) is 7.85. The van der Waals surface area contributed by atoms with Crippen LogP contribution in [-0.2, 0) is 21.2 Å². The van der Waals surface area contributed by atoms with E-state index in [4.69, 9.17) is 0 Å². The van der Waals surface area contributed by atoms with Gasteiger partial charge in [0, 0.05) is 32.6 Å². The van der Waals surface area contributed by atoms with Crippen LogP contribution in [0.2, 0.25) is 0 Å². The fourth-order valence-corrected chi connectivity index (χ4v) is 5.70. The summed E-state index contributed by atoms with van der Waals surface area (Å²) in [5.74, 6) is 0.514. The van der Waals surface area contributed by atoms with Crippen molar-refractivity contribution in [3.05, 3.63) is 29.8 Å². The summed E-state index contributed by atoms with van der Waals surface area (Å²) in [5.41, 5.74) is 0.989. The van der Waals surface area contributed by atoms with Crippen LogP contribution in [0.25, 0.3) is 0 Å². The molecule has 1 amide bonds. The fraction of sp³-hybridized carbons (Fsp3) is 0.682. The Bertz CT molecular complexity index is 752. The minimum atomic E-state index is -3.39. The van der Waals surface area contributed by atoms with Crippen LogP contribution < -0.4 is 5.32 Å². The van der Waals surface area contributed by atoms with E-state index >= 15 is 0 Å². The highest BCUT2D eigenvalue weighted by Gasteiger charge is 2.25. The number of hydrogen-bond acceptors (Lipinski definition) is 4. The van der Waals surface area contributed by atoms with E-state index < -0.39 is 10.0 Å². The van der Waals surface area contributed by atoms with Gasteiger partial charge in [-0.15, -0.1) is 0 Å². The minimum absolute atomic E-state index is 0.0586. The first kappa shape index (κ1) is 22.2. The molecule has 2 aliphatic rings. The zero-order valence-corrected chi connectivity index (χ0v) is 18.4. The molecule has 6 nitrogen and oxygen atoms in total. The molecule has 3 rings (SSSR count). The lowest BCUT2D eigenvalue weighted by molar-refractivity contribution is -0.121.